The second-order valence-corrected chi connectivity index (χ2v) is 8.55. The van der Waals surface area contributed by atoms with Crippen molar-refractivity contribution in [2.75, 3.05) is 0 Å². The molecule has 0 aliphatic heterocycles. The van der Waals surface area contributed by atoms with Crippen LogP contribution >= 0.6 is 11.3 Å². The van der Waals surface area contributed by atoms with E-state index in [9.17, 15) is 9.59 Å². The van der Waals surface area contributed by atoms with Crippen LogP contribution in [0.15, 0.2) is 89.3 Å². The van der Waals surface area contributed by atoms with Crippen LogP contribution in [0.4, 0.5) is 0 Å². The van der Waals surface area contributed by atoms with Gasteiger partial charge in [-0.05, 0) is 48.2 Å². The van der Waals surface area contributed by atoms with Gasteiger partial charge < -0.3 is 4.74 Å². The van der Waals surface area contributed by atoms with Gasteiger partial charge in [-0.2, -0.15) is 5.10 Å². The maximum absolute atomic E-state index is 12.4. The van der Waals surface area contributed by atoms with Gasteiger partial charge in [-0.25, -0.2) is 14.5 Å². The number of carbonyl (C=O) groups is 1. The van der Waals surface area contributed by atoms with E-state index >= 15 is 0 Å². The number of nitrogens with zero attached hydrogens (tertiary/aromatic N) is 4. The summed E-state index contributed by atoms with van der Waals surface area (Å²) in [4.78, 5) is 30.2. The molecule has 168 valence electrons. The summed E-state index contributed by atoms with van der Waals surface area (Å²) in [6.07, 6.45) is 6.60. The smallest absolute Gasteiger partial charge is 0.331 e. The number of esters is 1. The zero-order valence-corrected chi connectivity index (χ0v) is 19.1. The van der Waals surface area contributed by atoms with Crippen LogP contribution in [0.5, 0.6) is 0 Å². The van der Waals surface area contributed by atoms with Crippen molar-refractivity contribution in [2.24, 2.45) is 0 Å². The first-order chi connectivity index (χ1) is 16.6. The number of hydrogen-bond donors (Lipinski definition) is 0. The maximum atomic E-state index is 12.4. The molecule has 7 nitrogen and oxygen atoms in total. The van der Waals surface area contributed by atoms with Gasteiger partial charge in [0.05, 0.1) is 16.3 Å². The predicted octanol–water partition coefficient (Wildman–Crippen LogP) is 4.67. The maximum Gasteiger partial charge on any atom is 0.331 e. The minimum absolute atomic E-state index is 0.0929. The number of carbonyl (C=O) groups excluding carboxylic acids is 1. The molecular formula is C26H20N4O3S. The van der Waals surface area contributed by atoms with Gasteiger partial charge in [0.2, 0.25) is 0 Å². The van der Waals surface area contributed by atoms with Crippen LogP contribution in [-0.4, -0.2) is 25.1 Å². The summed E-state index contributed by atoms with van der Waals surface area (Å²) in [6.45, 7) is 1.78. The first-order valence-corrected chi connectivity index (χ1v) is 11.5. The number of benzene rings is 1. The number of pyridine rings is 1. The Morgan fingerprint density at radius 3 is 2.76 bits per heavy atom. The molecule has 0 unspecified atom stereocenters. The third-order valence-electron chi connectivity index (χ3n) is 5.22. The first-order valence-electron chi connectivity index (χ1n) is 10.6. The molecule has 0 amide bonds. The van der Waals surface area contributed by atoms with Crippen LogP contribution in [0.3, 0.4) is 0 Å². The van der Waals surface area contributed by atoms with Crippen molar-refractivity contribution in [1.82, 2.24) is 19.2 Å². The Balaban J connectivity index is 1.36. The van der Waals surface area contributed by atoms with Gasteiger partial charge in [-0.3, -0.25) is 9.20 Å². The predicted molar refractivity (Wildman–Crippen MR) is 132 cm³/mol. The van der Waals surface area contributed by atoms with Gasteiger partial charge in [0.25, 0.3) is 5.56 Å². The second kappa shape index (κ2) is 9.29. The summed E-state index contributed by atoms with van der Waals surface area (Å²) in [7, 11) is 0. The largest absolute Gasteiger partial charge is 0.456 e. The van der Waals surface area contributed by atoms with E-state index in [1.54, 1.807) is 34.4 Å². The summed E-state index contributed by atoms with van der Waals surface area (Å²) >= 11 is 1.58. The summed E-state index contributed by atoms with van der Waals surface area (Å²) in [5, 5.41) is 6.70. The Bertz CT molecular complexity index is 1550. The summed E-state index contributed by atoms with van der Waals surface area (Å²) in [5.74, 6) is -0.531. The van der Waals surface area contributed by atoms with Gasteiger partial charge in [0, 0.05) is 30.1 Å². The van der Waals surface area contributed by atoms with Crippen molar-refractivity contribution < 1.29 is 9.53 Å². The third-order valence-corrected chi connectivity index (χ3v) is 6.09. The van der Waals surface area contributed by atoms with Gasteiger partial charge in [0.15, 0.2) is 0 Å². The highest BCUT2D eigenvalue weighted by Gasteiger charge is 2.12. The number of ether oxygens (including phenoxy) is 1. The molecule has 0 atom stereocenters. The van der Waals surface area contributed by atoms with E-state index in [1.807, 2.05) is 67.0 Å². The molecule has 0 saturated carbocycles. The van der Waals surface area contributed by atoms with Crippen molar-refractivity contribution >= 4 is 29.0 Å². The third kappa shape index (κ3) is 4.44. The van der Waals surface area contributed by atoms with E-state index in [-0.39, 0.29) is 12.2 Å². The van der Waals surface area contributed by atoms with E-state index in [2.05, 4.69) is 4.98 Å². The van der Waals surface area contributed by atoms with Crippen LogP contribution in [0, 0.1) is 6.92 Å². The molecule has 5 rings (SSSR count). The highest BCUT2D eigenvalue weighted by atomic mass is 32.1. The molecule has 0 aliphatic carbocycles. The molecule has 34 heavy (non-hydrogen) atoms. The number of fused-ring (bicyclic) bond motifs is 1. The van der Waals surface area contributed by atoms with E-state index in [0.29, 0.717) is 11.3 Å². The fourth-order valence-corrected chi connectivity index (χ4v) is 4.29. The lowest BCUT2D eigenvalue weighted by Gasteiger charge is -2.06. The highest BCUT2D eigenvalue weighted by molar-refractivity contribution is 7.13. The second-order valence-electron chi connectivity index (χ2n) is 7.60. The van der Waals surface area contributed by atoms with Crippen LogP contribution in [0.1, 0.15) is 16.8 Å². The van der Waals surface area contributed by atoms with E-state index < -0.39 is 5.97 Å². The Morgan fingerprint density at radius 1 is 1.12 bits per heavy atom. The zero-order valence-electron chi connectivity index (χ0n) is 18.3. The Morgan fingerprint density at radius 2 is 1.97 bits per heavy atom. The molecule has 0 N–H and O–H groups in total. The SMILES string of the molecule is Cc1cccn2c(=O)cc(COC(=O)/C=C/c3cn(-c4ccccc4)nc3-c3cccs3)nc12. The molecule has 0 spiro atoms. The molecule has 4 aromatic heterocycles. The fourth-order valence-electron chi connectivity index (χ4n) is 3.56. The van der Waals surface area contributed by atoms with E-state index in [1.165, 1.54) is 16.5 Å². The molecule has 0 aliphatic rings. The highest BCUT2D eigenvalue weighted by Crippen LogP contribution is 2.28. The fraction of sp³-hybridized carbons (Fsp3) is 0.0769. The number of thiophene rings is 1. The minimum atomic E-state index is -0.531. The molecule has 8 heteroatoms. The number of aromatic nitrogens is 4. The first kappa shape index (κ1) is 21.5. The number of hydrogen-bond acceptors (Lipinski definition) is 6. The molecule has 0 bridgehead atoms. The lowest BCUT2D eigenvalue weighted by Crippen LogP contribution is -2.17. The Hall–Kier alpha value is -4.30. The minimum Gasteiger partial charge on any atom is -0.456 e. The Labute approximate surface area is 199 Å². The lowest BCUT2D eigenvalue weighted by molar-refractivity contribution is -0.139. The average Bonchev–Trinajstić information content (AvgIpc) is 3.53. The summed E-state index contributed by atoms with van der Waals surface area (Å²) in [6, 6.07) is 18.8. The number of aryl methyl sites for hydroxylation is 1. The van der Waals surface area contributed by atoms with Crippen molar-refractivity contribution in [2.45, 2.75) is 13.5 Å². The van der Waals surface area contributed by atoms with Gasteiger partial charge in [-0.15, -0.1) is 11.3 Å². The van der Waals surface area contributed by atoms with Crippen molar-refractivity contribution in [3.63, 3.8) is 0 Å². The molecule has 0 saturated heterocycles. The average molecular weight is 469 g/mol. The Kier molecular flexibility index (Phi) is 5.88. The van der Waals surface area contributed by atoms with E-state index in [4.69, 9.17) is 9.84 Å². The normalized spacial score (nSPS) is 11.3. The molecule has 0 radical (unpaired) electrons. The molecule has 5 aromatic rings. The number of rotatable bonds is 6. The standard InChI is InChI=1S/C26H20N4O3S/c1-18-7-5-13-29-23(31)15-20(27-26(18)29)17-33-24(32)12-11-19-16-30(21-8-3-2-4-9-21)28-25(19)22-10-6-14-34-22/h2-16H,17H2,1H3/b12-11+. The molecular weight excluding hydrogens is 448 g/mol. The van der Waals surface area contributed by atoms with Crippen LogP contribution in [0.25, 0.3) is 28.0 Å². The van der Waals surface area contributed by atoms with Crippen LogP contribution < -0.4 is 5.56 Å². The van der Waals surface area contributed by atoms with Crippen LogP contribution in [0.2, 0.25) is 0 Å². The van der Waals surface area contributed by atoms with Gasteiger partial charge >= 0.3 is 5.97 Å². The van der Waals surface area contributed by atoms with Crippen molar-refractivity contribution in [1.29, 1.82) is 0 Å². The summed E-state index contributed by atoms with van der Waals surface area (Å²) < 4.78 is 8.61. The van der Waals surface area contributed by atoms with Crippen LogP contribution in [-0.2, 0) is 16.1 Å². The van der Waals surface area contributed by atoms with Crippen molar-refractivity contribution in [3.05, 3.63) is 112 Å². The van der Waals surface area contributed by atoms with E-state index in [0.717, 1.165) is 27.4 Å². The van der Waals surface area contributed by atoms with Gasteiger partial charge in [-0.1, -0.05) is 30.3 Å². The number of para-hydroxylation sites is 1. The molecule has 1 aromatic carbocycles. The molecule has 0 fully saturated rings. The van der Waals surface area contributed by atoms with Gasteiger partial charge in [0.1, 0.15) is 17.9 Å². The quantitative estimate of drug-likeness (QED) is 0.267. The summed E-state index contributed by atoms with van der Waals surface area (Å²) in [5.41, 5.74) is 4.09. The van der Waals surface area contributed by atoms with Crippen molar-refractivity contribution in [3.8, 4) is 16.3 Å². The monoisotopic (exact) mass is 468 g/mol. The molecule has 4 heterocycles. The topological polar surface area (TPSA) is 78.5 Å². The zero-order chi connectivity index (χ0) is 23.5. The lowest BCUT2D eigenvalue weighted by atomic mass is 10.2.